The van der Waals surface area contributed by atoms with Gasteiger partial charge in [-0.25, -0.2) is 0 Å². The molecule has 0 radical (unpaired) electrons. The van der Waals surface area contributed by atoms with Gasteiger partial charge in [-0.2, -0.15) is 0 Å². The van der Waals surface area contributed by atoms with Crippen LogP contribution in [-0.2, 0) is 0 Å². The van der Waals surface area contributed by atoms with Gasteiger partial charge in [0, 0.05) is 25.2 Å². The summed E-state index contributed by atoms with van der Waals surface area (Å²) < 4.78 is 0. The first-order chi connectivity index (χ1) is 8.10. The van der Waals surface area contributed by atoms with E-state index in [0.29, 0.717) is 6.54 Å². The molecule has 3 unspecified atom stereocenters. The fraction of sp³-hybridized carbons (Fsp3) is 0.571. The molecule has 0 saturated carbocycles. The van der Waals surface area contributed by atoms with E-state index in [0.717, 1.165) is 0 Å². The normalized spacial score (nSPS) is 16.5. The molecule has 3 heteroatoms. The third-order valence-electron chi connectivity index (χ3n) is 3.41. The number of aliphatic hydroxyl groups excluding tert-OH is 1. The summed E-state index contributed by atoms with van der Waals surface area (Å²) in [5.41, 5.74) is 8.33. The fourth-order valence-electron chi connectivity index (χ4n) is 1.90. The van der Waals surface area contributed by atoms with E-state index in [9.17, 15) is 0 Å². The molecule has 0 fully saturated rings. The van der Waals surface area contributed by atoms with Crippen molar-refractivity contribution in [1.82, 2.24) is 5.32 Å². The number of rotatable bonds is 6. The van der Waals surface area contributed by atoms with Crippen molar-refractivity contribution in [3.05, 3.63) is 35.4 Å². The van der Waals surface area contributed by atoms with Crippen molar-refractivity contribution in [3.8, 4) is 0 Å². The minimum atomic E-state index is 0.153. The average Bonchev–Trinajstić information content (AvgIpc) is 2.35. The summed E-state index contributed by atoms with van der Waals surface area (Å²) in [6.07, 6.45) is 0. The highest BCUT2D eigenvalue weighted by Crippen LogP contribution is 2.18. The van der Waals surface area contributed by atoms with E-state index in [1.54, 1.807) is 0 Å². The Morgan fingerprint density at radius 1 is 1.29 bits per heavy atom. The van der Waals surface area contributed by atoms with E-state index < -0.39 is 0 Å². The van der Waals surface area contributed by atoms with Crippen molar-refractivity contribution in [2.24, 2.45) is 11.7 Å². The summed E-state index contributed by atoms with van der Waals surface area (Å²) in [5, 5.41) is 12.6. The first-order valence-corrected chi connectivity index (χ1v) is 6.22. The zero-order valence-corrected chi connectivity index (χ0v) is 11.0. The van der Waals surface area contributed by atoms with Crippen molar-refractivity contribution in [3.63, 3.8) is 0 Å². The summed E-state index contributed by atoms with van der Waals surface area (Å²) in [6.45, 7) is 6.97. The van der Waals surface area contributed by atoms with Crippen LogP contribution in [0.4, 0.5) is 0 Å². The number of nitrogens with two attached hydrogens (primary N) is 1. The molecule has 0 aliphatic carbocycles. The molecule has 0 spiro atoms. The van der Waals surface area contributed by atoms with E-state index in [4.69, 9.17) is 10.8 Å². The van der Waals surface area contributed by atoms with Gasteiger partial charge in [-0.1, -0.05) is 31.2 Å². The maximum absolute atomic E-state index is 9.14. The molecule has 0 heterocycles. The molecule has 0 saturated heterocycles. The number of aryl methyl sites for hydroxylation is 1. The van der Waals surface area contributed by atoms with Gasteiger partial charge in [0.05, 0.1) is 0 Å². The maximum atomic E-state index is 9.14. The predicted octanol–water partition coefficient (Wildman–Crippen LogP) is 1.60. The van der Waals surface area contributed by atoms with E-state index >= 15 is 0 Å². The fourth-order valence-corrected chi connectivity index (χ4v) is 1.90. The second-order valence-electron chi connectivity index (χ2n) is 4.76. The van der Waals surface area contributed by atoms with Crippen LogP contribution in [0.25, 0.3) is 0 Å². The summed E-state index contributed by atoms with van der Waals surface area (Å²) >= 11 is 0. The van der Waals surface area contributed by atoms with Crippen LogP contribution in [0.5, 0.6) is 0 Å². The molecule has 1 rings (SSSR count). The SMILES string of the molecule is Cc1ccccc1C(CN)NC(C)C(C)CO. The minimum absolute atomic E-state index is 0.153. The molecular formula is C14H24N2O. The Labute approximate surface area is 104 Å². The molecule has 0 amide bonds. The van der Waals surface area contributed by atoms with Crippen molar-refractivity contribution < 1.29 is 5.11 Å². The largest absolute Gasteiger partial charge is 0.396 e. The van der Waals surface area contributed by atoms with Gasteiger partial charge in [0.2, 0.25) is 0 Å². The lowest BCUT2D eigenvalue weighted by atomic mass is 9.98. The summed E-state index contributed by atoms with van der Waals surface area (Å²) in [4.78, 5) is 0. The van der Waals surface area contributed by atoms with Gasteiger partial charge in [-0.3, -0.25) is 0 Å². The van der Waals surface area contributed by atoms with Gasteiger partial charge < -0.3 is 16.2 Å². The first kappa shape index (κ1) is 14.2. The van der Waals surface area contributed by atoms with Crippen LogP contribution in [-0.4, -0.2) is 24.3 Å². The van der Waals surface area contributed by atoms with E-state index in [1.165, 1.54) is 11.1 Å². The van der Waals surface area contributed by atoms with Gasteiger partial charge in [0.15, 0.2) is 0 Å². The maximum Gasteiger partial charge on any atom is 0.0471 e. The predicted molar refractivity (Wildman–Crippen MR) is 71.8 cm³/mol. The van der Waals surface area contributed by atoms with Gasteiger partial charge in [-0.15, -0.1) is 0 Å². The van der Waals surface area contributed by atoms with Gasteiger partial charge in [0.25, 0.3) is 0 Å². The highest BCUT2D eigenvalue weighted by atomic mass is 16.3. The third-order valence-corrected chi connectivity index (χ3v) is 3.41. The van der Waals surface area contributed by atoms with Crippen LogP contribution < -0.4 is 11.1 Å². The van der Waals surface area contributed by atoms with Crippen molar-refractivity contribution in [2.45, 2.75) is 32.9 Å². The lowest BCUT2D eigenvalue weighted by molar-refractivity contribution is 0.201. The average molecular weight is 236 g/mol. The number of hydrogen-bond acceptors (Lipinski definition) is 3. The first-order valence-electron chi connectivity index (χ1n) is 6.22. The Morgan fingerprint density at radius 3 is 2.47 bits per heavy atom. The molecule has 3 nitrogen and oxygen atoms in total. The van der Waals surface area contributed by atoms with Crippen molar-refractivity contribution in [1.29, 1.82) is 0 Å². The van der Waals surface area contributed by atoms with E-state index in [1.807, 2.05) is 19.1 Å². The quantitative estimate of drug-likeness (QED) is 0.703. The summed E-state index contributed by atoms with van der Waals surface area (Å²) in [5.74, 6) is 0.230. The molecule has 0 bridgehead atoms. The molecule has 0 aliphatic rings. The van der Waals surface area contributed by atoms with Crippen LogP contribution >= 0.6 is 0 Å². The van der Waals surface area contributed by atoms with Crippen molar-refractivity contribution >= 4 is 0 Å². The third kappa shape index (κ3) is 3.80. The standard InChI is InChI=1S/C14H24N2O/c1-10-6-4-5-7-13(10)14(8-15)16-12(3)11(2)9-17/h4-7,11-12,14,16-17H,8-9,15H2,1-3H3. The van der Waals surface area contributed by atoms with Crippen LogP contribution in [0.3, 0.4) is 0 Å². The molecular weight excluding hydrogens is 212 g/mol. The number of nitrogens with one attached hydrogen (secondary N) is 1. The Bertz CT molecular complexity index is 341. The number of benzene rings is 1. The van der Waals surface area contributed by atoms with Crippen LogP contribution in [0.2, 0.25) is 0 Å². The summed E-state index contributed by atoms with van der Waals surface area (Å²) in [7, 11) is 0. The molecule has 3 atom stereocenters. The molecule has 96 valence electrons. The molecule has 4 N–H and O–H groups in total. The monoisotopic (exact) mass is 236 g/mol. The summed E-state index contributed by atoms with van der Waals surface area (Å²) in [6, 6.07) is 8.67. The minimum Gasteiger partial charge on any atom is -0.396 e. The van der Waals surface area contributed by atoms with Crippen LogP contribution in [0.1, 0.15) is 31.0 Å². The molecule has 1 aromatic carbocycles. The number of aliphatic hydroxyl groups is 1. The smallest absolute Gasteiger partial charge is 0.0471 e. The van der Waals surface area contributed by atoms with Crippen LogP contribution in [0.15, 0.2) is 24.3 Å². The molecule has 17 heavy (non-hydrogen) atoms. The second kappa shape index (κ2) is 6.74. The topological polar surface area (TPSA) is 58.3 Å². The zero-order chi connectivity index (χ0) is 12.8. The van der Waals surface area contributed by atoms with Gasteiger partial charge >= 0.3 is 0 Å². The van der Waals surface area contributed by atoms with Crippen LogP contribution in [0, 0.1) is 12.8 Å². The Hall–Kier alpha value is -0.900. The van der Waals surface area contributed by atoms with Gasteiger partial charge in [0.1, 0.15) is 0 Å². The lowest BCUT2D eigenvalue weighted by Gasteiger charge is -2.27. The molecule has 1 aromatic rings. The highest BCUT2D eigenvalue weighted by molar-refractivity contribution is 5.29. The Morgan fingerprint density at radius 2 is 1.94 bits per heavy atom. The molecule has 0 aliphatic heterocycles. The lowest BCUT2D eigenvalue weighted by Crippen LogP contribution is -2.39. The Kier molecular flexibility index (Phi) is 5.62. The Balaban J connectivity index is 2.76. The van der Waals surface area contributed by atoms with Crippen molar-refractivity contribution in [2.75, 3.05) is 13.2 Å². The van der Waals surface area contributed by atoms with E-state index in [2.05, 4.69) is 31.3 Å². The van der Waals surface area contributed by atoms with Gasteiger partial charge in [-0.05, 0) is 30.9 Å². The second-order valence-corrected chi connectivity index (χ2v) is 4.76. The highest BCUT2D eigenvalue weighted by Gasteiger charge is 2.17. The van der Waals surface area contributed by atoms with E-state index in [-0.39, 0.29) is 24.6 Å². The zero-order valence-electron chi connectivity index (χ0n) is 11.0. The number of hydrogen-bond donors (Lipinski definition) is 3. The molecule has 0 aromatic heterocycles.